The number of nitrogens with zero attached hydrogens (tertiary/aromatic N) is 2. The molecule has 0 fully saturated rings. The molecular formula is C9H20N4. The minimum absolute atomic E-state index is 0.917. The van der Waals surface area contributed by atoms with Crippen LogP contribution in [0.3, 0.4) is 0 Å². The van der Waals surface area contributed by atoms with E-state index in [-0.39, 0.29) is 0 Å². The van der Waals surface area contributed by atoms with E-state index < -0.39 is 0 Å². The largest absolute Gasteiger partial charge is 0.356 e. The molecule has 1 aliphatic rings. The van der Waals surface area contributed by atoms with Crippen molar-refractivity contribution in [3.63, 3.8) is 0 Å². The fourth-order valence-corrected chi connectivity index (χ4v) is 1.28. The summed E-state index contributed by atoms with van der Waals surface area (Å²) in [6, 6.07) is 0. The Labute approximate surface area is 80.4 Å². The van der Waals surface area contributed by atoms with E-state index in [1.165, 1.54) is 19.4 Å². The molecule has 1 rings (SSSR count). The lowest BCUT2D eigenvalue weighted by Gasteiger charge is -2.09. The monoisotopic (exact) mass is 184 g/mol. The van der Waals surface area contributed by atoms with Crippen molar-refractivity contribution in [1.29, 1.82) is 0 Å². The number of guanidine groups is 1. The lowest BCUT2D eigenvalue weighted by Crippen LogP contribution is -2.34. The molecule has 0 atom stereocenters. The van der Waals surface area contributed by atoms with Crippen LogP contribution in [0.2, 0.25) is 0 Å². The topological polar surface area (TPSA) is 39.7 Å². The maximum atomic E-state index is 4.25. The van der Waals surface area contributed by atoms with E-state index in [9.17, 15) is 0 Å². The van der Waals surface area contributed by atoms with Crippen molar-refractivity contribution in [3.05, 3.63) is 0 Å². The van der Waals surface area contributed by atoms with Gasteiger partial charge in [0.1, 0.15) is 0 Å². The second-order valence-electron chi connectivity index (χ2n) is 3.59. The normalized spacial score (nSPS) is 15.8. The molecule has 0 saturated heterocycles. The van der Waals surface area contributed by atoms with Gasteiger partial charge in [-0.3, -0.25) is 4.99 Å². The van der Waals surface area contributed by atoms with Gasteiger partial charge in [0.05, 0.1) is 6.54 Å². The van der Waals surface area contributed by atoms with Gasteiger partial charge in [0.2, 0.25) is 0 Å². The van der Waals surface area contributed by atoms with Crippen molar-refractivity contribution in [2.75, 3.05) is 40.3 Å². The molecule has 4 heteroatoms. The minimum Gasteiger partial charge on any atom is -0.356 e. The molecule has 1 heterocycles. The SMILES string of the molecule is CN(C)CCCCNC1=NCCN1. The summed E-state index contributed by atoms with van der Waals surface area (Å²) in [5.41, 5.74) is 0. The molecule has 0 bridgehead atoms. The van der Waals surface area contributed by atoms with Gasteiger partial charge in [-0.1, -0.05) is 0 Å². The first-order valence-electron chi connectivity index (χ1n) is 4.96. The van der Waals surface area contributed by atoms with Crippen LogP contribution in [0.4, 0.5) is 0 Å². The molecule has 1 aliphatic heterocycles. The van der Waals surface area contributed by atoms with Crippen molar-refractivity contribution >= 4 is 5.96 Å². The Balaban J connectivity index is 1.89. The summed E-state index contributed by atoms with van der Waals surface area (Å²) in [6.07, 6.45) is 2.45. The van der Waals surface area contributed by atoms with Crippen molar-refractivity contribution in [3.8, 4) is 0 Å². The van der Waals surface area contributed by atoms with Crippen molar-refractivity contribution < 1.29 is 0 Å². The van der Waals surface area contributed by atoms with Gasteiger partial charge in [-0.25, -0.2) is 0 Å². The standard InChI is InChI=1S/C9H20N4/c1-13(2)8-4-3-5-10-9-11-6-7-12-9/h3-8H2,1-2H3,(H2,10,11,12). The first-order chi connectivity index (χ1) is 6.29. The maximum Gasteiger partial charge on any atom is 0.191 e. The highest BCUT2D eigenvalue weighted by Gasteiger charge is 2.02. The number of unbranched alkanes of at least 4 members (excludes halogenated alkanes) is 1. The third-order valence-corrected chi connectivity index (χ3v) is 2.00. The van der Waals surface area contributed by atoms with Crippen LogP contribution in [0.1, 0.15) is 12.8 Å². The maximum absolute atomic E-state index is 4.25. The summed E-state index contributed by atoms with van der Waals surface area (Å²) in [5.74, 6) is 0.977. The fraction of sp³-hybridized carbons (Fsp3) is 0.889. The minimum atomic E-state index is 0.917. The number of nitrogens with one attached hydrogen (secondary N) is 2. The summed E-state index contributed by atoms with van der Waals surface area (Å²) in [5, 5.41) is 6.46. The molecule has 0 aromatic heterocycles. The predicted molar refractivity (Wildman–Crippen MR) is 56.1 cm³/mol. The predicted octanol–water partition coefficient (Wildman–Crippen LogP) is -0.123. The molecule has 0 aliphatic carbocycles. The van der Waals surface area contributed by atoms with Gasteiger partial charge < -0.3 is 15.5 Å². The average Bonchev–Trinajstić information content (AvgIpc) is 2.55. The fourth-order valence-electron chi connectivity index (χ4n) is 1.28. The smallest absolute Gasteiger partial charge is 0.191 e. The summed E-state index contributed by atoms with van der Waals surface area (Å²) in [4.78, 5) is 6.47. The quantitative estimate of drug-likeness (QED) is 0.585. The zero-order valence-electron chi connectivity index (χ0n) is 8.64. The van der Waals surface area contributed by atoms with Crippen LogP contribution in [0.15, 0.2) is 4.99 Å². The van der Waals surface area contributed by atoms with Crippen molar-refractivity contribution in [2.24, 2.45) is 4.99 Å². The Kier molecular flexibility index (Phi) is 4.60. The third kappa shape index (κ3) is 4.72. The Morgan fingerprint density at radius 1 is 1.46 bits per heavy atom. The Bertz CT molecular complexity index is 165. The van der Waals surface area contributed by atoms with E-state index in [2.05, 4.69) is 34.6 Å². The summed E-state index contributed by atoms with van der Waals surface area (Å²) in [7, 11) is 4.21. The number of rotatable bonds is 5. The Morgan fingerprint density at radius 3 is 2.92 bits per heavy atom. The highest BCUT2D eigenvalue weighted by atomic mass is 15.2. The molecular weight excluding hydrogens is 164 g/mol. The first kappa shape index (κ1) is 10.3. The zero-order valence-corrected chi connectivity index (χ0v) is 8.64. The first-order valence-corrected chi connectivity index (χ1v) is 4.96. The van der Waals surface area contributed by atoms with Crippen LogP contribution in [0.5, 0.6) is 0 Å². The van der Waals surface area contributed by atoms with E-state index in [0.29, 0.717) is 0 Å². The van der Waals surface area contributed by atoms with Crippen molar-refractivity contribution in [2.45, 2.75) is 12.8 Å². The third-order valence-electron chi connectivity index (χ3n) is 2.00. The van der Waals surface area contributed by atoms with E-state index in [0.717, 1.165) is 25.6 Å². The van der Waals surface area contributed by atoms with E-state index >= 15 is 0 Å². The molecule has 2 N–H and O–H groups in total. The molecule has 0 radical (unpaired) electrons. The van der Waals surface area contributed by atoms with E-state index in [4.69, 9.17) is 0 Å². The molecule has 13 heavy (non-hydrogen) atoms. The van der Waals surface area contributed by atoms with E-state index in [1.54, 1.807) is 0 Å². The molecule has 4 nitrogen and oxygen atoms in total. The summed E-state index contributed by atoms with van der Waals surface area (Å²) >= 11 is 0. The van der Waals surface area contributed by atoms with Crippen LogP contribution in [-0.2, 0) is 0 Å². The molecule has 76 valence electrons. The molecule has 0 aromatic carbocycles. The van der Waals surface area contributed by atoms with Gasteiger partial charge in [0.15, 0.2) is 5.96 Å². The van der Waals surface area contributed by atoms with Crippen molar-refractivity contribution in [1.82, 2.24) is 15.5 Å². The van der Waals surface area contributed by atoms with Crippen LogP contribution >= 0.6 is 0 Å². The van der Waals surface area contributed by atoms with Gasteiger partial charge in [0.25, 0.3) is 0 Å². The molecule has 0 spiro atoms. The van der Waals surface area contributed by atoms with Gasteiger partial charge >= 0.3 is 0 Å². The molecule has 0 unspecified atom stereocenters. The van der Waals surface area contributed by atoms with Crippen LogP contribution in [-0.4, -0.2) is 51.1 Å². The molecule has 0 aromatic rings. The van der Waals surface area contributed by atoms with Gasteiger partial charge in [-0.05, 0) is 33.5 Å². The average molecular weight is 184 g/mol. The number of aliphatic imine (C=N–C) groups is 1. The Morgan fingerprint density at radius 2 is 2.31 bits per heavy atom. The van der Waals surface area contributed by atoms with Gasteiger partial charge in [-0.15, -0.1) is 0 Å². The van der Waals surface area contributed by atoms with Crippen LogP contribution in [0.25, 0.3) is 0 Å². The lowest BCUT2D eigenvalue weighted by atomic mass is 10.3. The molecule has 0 saturated carbocycles. The van der Waals surface area contributed by atoms with Gasteiger partial charge in [-0.2, -0.15) is 0 Å². The van der Waals surface area contributed by atoms with E-state index in [1.807, 2.05) is 0 Å². The second kappa shape index (κ2) is 5.80. The summed E-state index contributed by atoms with van der Waals surface area (Å²) < 4.78 is 0. The highest BCUT2D eigenvalue weighted by molar-refractivity contribution is 5.81. The summed E-state index contributed by atoms with van der Waals surface area (Å²) in [6.45, 7) is 4.10. The molecule has 0 amide bonds. The van der Waals surface area contributed by atoms with Gasteiger partial charge in [0, 0.05) is 13.1 Å². The number of hydrogen-bond acceptors (Lipinski definition) is 4. The number of hydrogen-bond donors (Lipinski definition) is 2. The lowest BCUT2D eigenvalue weighted by molar-refractivity contribution is 0.394. The second-order valence-corrected chi connectivity index (χ2v) is 3.59. The Hall–Kier alpha value is -0.770. The van der Waals surface area contributed by atoms with Crippen LogP contribution < -0.4 is 10.6 Å². The van der Waals surface area contributed by atoms with Crippen LogP contribution in [0, 0.1) is 0 Å². The highest BCUT2D eigenvalue weighted by Crippen LogP contribution is 1.89. The zero-order chi connectivity index (χ0) is 9.52.